The molecule has 1 amide bonds. The Hall–Kier alpha value is -0.970. The molecule has 1 N–H and O–H groups in total. The summed E-state index contributed by atoms with van der Waals surface area (Å²) in [5.41, 5.74) is -0.437. The van der Waals surface area contributed by atoms with Crippen LogP contribution in [0.15, 0.2) is 12.1 Å². The molecule has 2 nitrogen and oxygen atoms in total. The highest BCUT2D eigenvalue weighted by Crippen LogP contribution is 2.19. The van der Waals surface area contributed by atoms with E-state index < -0.39 is 23.1 Å². The SMILES string of the molecule is Cc1ccc(F)c(C(=O)NCC(C)(C)CBr)c1F. The molecule has 0 fully saturated rings. The number of alkyl halides is 1. The molecule has 0 bridgehead atoms. The van der Waals surface area contributed by atoms with E-state index in [1.807, 2.05) is 13.8 Å². The Morgan fingerprint density at radius 1 is 1.39 bits per heavy atom. The number of rotatable bonds is 4. The Morgan fingerprint density at radius 3 is 2.56 bits per heavy atom. The van der Waals surface area contributed by atoms with E-state index in [4.69, 9.17) is 0 Å². The predicted molar refractivity (Wildman–Crippen MR) is 71.0 cm³/mol. The van der Waals surface area contributed by atoms with Crippen LogP contribution in [-0.2, 0) is 0 Å². The summed E-state index contributed by atoms with van der Waals surface area (Å²) in [5.74, 6) is -2.36. The minimum Gasteiger partial charge on any atom is -0.351 e. The van der Waals surface area contributed by atoms with Crippen molar-refractivity contribution in [1.29, 1.82) is 0 Å². The lowest BCUT2D eigenvalue weighted by atomic mass is 9.96. The molecule has 100 valence electrons. The third kappa shape index (κ3) is 3.51. The van der Waals surface area contributed by atoms with Crippen LogP contribution in [0.5, 0.6) is 0 Å². The van der Waals surface area contributed by atoms with Gasteiger partial charge < -0.3 is 5.32 Å². The summed E-state index contributed by atoms with van der Waals surface area (Å²) in [5, 5.41) is 3.23. The highest BCUT2D eigenvalue weighted by Gasteiger charge is 2.22. The summed E-state index contributed by atoms with van der Waals surface area (Å²) in [6, 6.07) is 2.41. The lowest BCUT2D eigenvalue weighted by molar-refractivity contribution is 0.0931. The number of aryl methyl sites for hydroxylation is 1. The van der Waals surface area contributed by atoms with Gasteiger partial charge in [-0.25, -0.2) is 8.78 Å². The second-order valence-electron chi connectivity index (χ2n) is 5.03. The standard InChI is InChI=1S/C13H16BrF2NO/c1-8-4-5-9(15)10(11(8)16)12(18)17-7-13(2,3)6-14/h4-5H,6-7H2,1-3H3,(H,17,18). The first kappa shape index (κ1) is 15.1. The van der Waals surface area contributed by atoms with E-state index in [0.717, 1.165) is 6.07 Å². The molecule has 5 heteroatoms. The average Bonchev–Trinajstić information content (AvgIpc) is 2.32. The highest BCUT2D eigenvalue weighted by molar-refractivity contribution is 9.09. The van der Waals surface area contributed by atoms with Crippen LogP contribution in [0, 0.1) is 24.0 Å². The van der Waals surface area contributed by atoms with Crippen molar-refractivity contribution >= 4 is 21.8 Å². The summed E-state index contributed by atoms with van der Waals surface area (Å²) in [6.45, 7) is 5.70. The summed E-state index contributed by atoms with van der Waals surface area (Å²) >= 11 is 3.32. The first-order valence-corrected chi connectivity index (χ1v) is 6.69. The van der Waals surface area contributed by atoms with Gasteiger partial charge in [0.15, 0.2) is 0 Å². The molecular formula is C13H16BrF2NO. The molecule has 1 rings (SSSR count). The van der Waals surface area contributed by atoms with Gasteiger partial charge in [0.1, 0.15) is 17.2 Å². The fourth-order valence-electron chi connectivity index (χ4n) is 1.32. The molecule has 0 radical (unpaired) electrons. The summed E-state index contributed by atoms with van der Waals surface area (Å²) in [4.78, 5) is 11.8. The van der Waals surface area contributed by atoms with E-state index in [1.54, 1.807) is 0 Å². The smallest absolute Gasteiger partial charge is 0.257 e. The monoisotopic (exact) mass is 319 g/mol. The van der Waals surface area contributed by atoms with Crippen LogP contribution in [0.2, 0.25) is 0 Å². The molecule has 0 saturated heterocycles. The van der Waals surface area contributed by atoms with Gasteiger partial charge in [0, 0.05) is 11.9 Å². The molecule has 0 aliphatic rings. The van der Waals surface area contributed by atoms with Crippen molar-refractivity contribution in [2.75, 3.05) is 11.9 Å². The zero-order valence-electron chi connectivity index (χ0n) is 10.6. The molecule has 1 aromatic carbocycles. The van der Waals surface area contributed by atoms with E-state index in [1.165, 1.54) is 13.0 Å². The van der Waals surface area contributed by atoms with Gasteiger partial charge in [-0.2, -0.15) is 0 Å². The Bertz CT molecular complexity index is 461. The lowest BCUT2D eigenvalue weighted by Crippen LogP contribution is -2.35. The number of hydrogen-bond acceptors (Lipinski definition) is 1. The van der Waals surface area contributed by atoms with Gasteiger partial charge in [-0.3, -0.25) is 4.79 Å². The van der Waals surface area contributed by atoms with Gasteiger partial charge in [0.05, 0.1) is 0 Å². The first-order chi connectivity index (χ1) is 8.28. The molecule has 0 saturated carbocycles. The topological polar surface area (TPSA) is 29.1 Å². The number of amides is 1. The van der Waals surface area contributed by atoms with Crippen molar-refractivity contribution in [3.8, 4) is 0 Å². The lowest BCUT2D eigenvalue weighted by Gasteiger charge is -2.22. The zero-order chi connectivity index (χ0) is 13.9. The number of nitrogens with one attached hydrogen (secondary N) is 1. The van der Waals surface area contributed by atoms with E-state index in [0.29, 0.717) is 11.9 Å². The quantitative estimate of drug-likeness (QED) is 0.846. The van der Waals surface area contributed by atoms with Gasteiger partial charge in [-0.05, 0) is 24.0 Å². The normalized spacial score (nSPS) is 11.4. The van der Waals surface area contributed by atoms with Crippen LogP contribution in [0.25, 0.3) is 0 Å². The second-order valence-corrected chi connectivity index (χ2v) is 5.59. The Kier molecular flexibility index (Phi) is 4.85. The second kappa shape index (κ2) is 5.78. The molecule has 18 heavy (non-hydrogen) atoms. The number of carbonyl (C=O) groups is 1. The molecule has 0 atom stereocenters. The van der Waals surface area contributed by atoms with Crippen molar-refractivity contribution in [3.63, 3.8) is 0 Å². The Labute approximate surface area is 114 Å². The number of halogens is 3. The average molecular weight is 320 g/mol. The molecule has 0 unspecified atom stereocenters. The Morgan fingerprint density at radius 2 is 2.00 bits per heavy atom. The van der Waals surface area contributed by atoms with E-state index >= 15 is 0 Å². The van der Waals surface area contributed by atoms with Crippen molar-refractivity contribution in [2.45, 2.75) is 20.8 Å². The number of benzene rings is 1. The first-order valence-electron chi connectivity index (χ1n) is 5.57. The molecule has 0 spiro atoms. The van der Waals surface area contributed by atoms with Crippen LogP contribution in [0.1, 0.15) is 29.8 Å². The summed E-state index contributed by atoms with van der Waals surface area (Å²) in [6.07, 6.45) is 0. The van der Waals surface area contributed by atoms with Crippen LogP contribution in [-0.4, -0.2) is 17.8 Å². The van der Waals surface area contributed by atoms with Crippen LogP contribution < -0.4 is 5.32 Å². The van der Waals surface area contributed by atoms with Gasteiger partial charge >= 0.3 is 0 Å². The maximum atomic E-state index is 13.7. The minimum absolute atomic E-state index is 0.174. The van der Waals surface area contributed by atoms with E-state index in [2.05, 4.69) is 21.2 Å². The highest BCUT2D eigenvalue weighted by atomic mass is 79.9. The van der Waals surface area contributed by atoms with Gasteiger partial charge in [-0.15, -0.1) is 0 Å². The maximum Gasteiger partial charge on any atom is 0.257 e. The van der Waals surface area contributed by atoms with Crippen LogP contribution in [0.3, 0.4) is 0 Å². The van der Waals surface area contributed by atoms with E-state index in [9.17, 15) is 13.6 Å². The maximum absolute atomic E-state index is 13.7. The minimum atomic E-state index is -0.841. The van der Waals surface area contributed by atoms with Crippen molar-refractivity contribution in [2.24, 2.45) is 5.41 Å². The molecule has 1 aromatic rings. The fraction of sp³-hybridized carbons (Fsp3) is 0.462. The van der Waals surface area contributed by atoms with Gasteiger partial charge in [0.25, 0.3) is 5.91 Å². The number of carbonyl (C=O) groups excluding carboxylic acids is 1. The molecule has 0 aliphatic carbocycles. The fourth-order valence-corrected chi connectivity index (χ4v) is 1.52. The Balaban J connectivity index is 2.89. The largest absolute Gasteiger partial charge is 0.351 e. The molecule has 0 aromatic heterocycles. The third-order valence-corrected chi connectivity index (χ3v) is 4.12. The van der Waals surface area contributed by atoms with Gasteiger partial charge in [0.2, 0.25) is 0 Å². The molecular weight excluding hydrogens is 304 g/mol. The van der Waals surface area contributed by atoms with Crippen LogP contribution >= 0.6 is 15.9 Å². The van der Waals surface area contributed by atoms with Gasteiger partial charge in [-0.1, -0.05) is 35.8 Å². The van der Waals surface area contributed by atoms with Crippen molar-refractivity contribution in [3.05, 3.63) is 34.9 Å². The summed E-state index contributed by atoms with van der Waals surface area (Å²) < 4.78 is 27.2. The predicted octanol–water partition coefficient (Wildman–Crippen LogP) is 3.42. The van der Waals surface area contributed by atoms with Crippen LogP contribution in [0.4, 0.5) is 8.78 Å². The van der Waals surface area contributed by atoms with Crippen molar-refractivity contribution < 1.29 is 13.6 Å². The third-order valence-electron chi connectivity index (χ3n) is 2.60. The molecule has 0 aliphatic heterocycles. The van der Waals surface area contributed by atoms with E-state index in [-0.39, 0.29) is 11.0 Å². The zero-order valence-corrected chi connectivity index (χ0v) is 12.2. The summed E-state index contributed by atoms with van der Waals surface area (Å²) in [7, 11) is 0. The van der Waals surface area contributed by atoms with Crippen molar-refractivity contribution in [1.82, 2.24) is 5.32 Å². The number of hydrogen-bond donors (Lipinski definition) is 1. The molecule has 0 heterocycles.